The van der Waals surface area contributed by atoms with E-state index in [0.29, 0.717) is 19.3 Å². The summed E-state index contributed by atoms with van der Waals surface area (Å²) in [5.74, 6) is -2.66. The van der Waals surface area contributed by atoms with Gasteiger partial charge < -0.3 is 63.3 Å². The van der Waals surface area contributed by atoms with Gasteiger partial charge in [-0.25, -0.2) is 0 Å². The summed E-state index contributed by atoms with van der Waals surface area (Å²) in [5, 5.41) is 44.3. The molecule has 314 valence electrons. The molecule has 3 aliphatic heterocycles. The van der Waals surface area contributed by atoms with Gasteiger partial charge >= 0.3 is 5.97 Å². The zero-order chi connectivity index (χ0) is 40.4. The summed E-state index contributed by atoms with van der Waals surface area (Å²) < 4.78 is 41.9. The van der Waals surface area contributed by atoms with Crippen LogP contribution in [0.1, 0.15) is 86.5 Å². The maximum absolute atomic E-state index is 13.6. The van der Waals surface area contributed by atoms with Gasteiger partial charge in [-0.2, -0.15) is 0 Å². The number of carbonyl (C=O) groups is 3. The van der Waals surface area contributed by atoms with Crippen molar-refractivity contribution in [2.45, 2.75) is 166 Å². The third-order valence-electron chi connectivity index (χ3n) is 11.8. The third kappa shape index (κ3) is 11.9. The Kier molecular flexibility index (Phi) is 18.8. The first kappa shape index (κ1) is 46.8. The van der Waals surface area contributed by atoms with E-state index in [4.69, 9.17) is 33.2 Å². The van der Waals surface area contributed by atoms with Crippen molar-refractivity contribution in [1.29, 1.82) is 0 Å². The monoisotopic (exact) mass is 775 g/mol. The second kappa shape index (κ2) is 21.8. The molecule has 0 aromatic rings. The summed E-state index contributed by atoms with van der Waals surface area (Å²) in [5.41, 5.74) is 0. The molecule has 0 amide bonds. The summed E-state index contributed by atoms with van der Waals surface area (Å²) in [6.07, 6.45) is -8.30. The number of Topliss-reactive ketones (excluding diaryl/α,β-unsaturated/α-hetero) is 1. The summed E-state index contributed by atoms with van der Waals surface area (Å²) in [4.78, 5) is 41.0. The van der Waals surface area contributed by atoms with Crippen LogP contribution in [0.2, 0.25) is 0 Å². The van der Waals surface area contributed by atoms with Crippen molar-refractivity contribution in [3.8, 4) is 0 Å². The fourth-order valence-corrected chi connectivity index (χ4v) is 8.39. The Morgan fingerprint density at radius 2 is 1.46 bits per heavy atom. The molecule has 4 N–H and O–H groups in total. The van der Waals surface area contributed by atoms with Crippen molar-refractivity contribution in [1.82, 2.24) is 4.90 Å². The predicted molar refractivity (Wildman–Crippen MR) is 196 cm³/mol. The van der Waals surface area contributed by atoms with Gasteiger partial charge in [0, 0.05) is 44.8 Å². The van der Waals surface area contributed by atoms with Crippen molar-refractivity contribution in [3.05, 3.63) is 0 Å². The van der Waals surface area contributed by atoms with Gasteiger partial charge in [-0.3, -0.25) is 9.59 Å². The Labute approximate surface area is 321 Å². The van der Waals surface area contributed by atoms with Crippen LogP contribution in [0.4, 0.5) is 0 Å². The maximum Gasteiger partial charge on any atom is 0.308 e. The minimum atomic E-state index is -1.29. The number of hydrogen-bond acceptors (Lipinski definition) is 15. The molecule has 3 rings (SSSR count). The van der Waals surface area contributed by atoms with Crippen LogP contribution in [-0.2, 0) is 47.5 Å². The summed E-state index contributed by atoms with van der Waals surface area (Å²) in [6.45, 7) is 11.0. The molecule has 0 radical (unpaired) electrons. The number of carbonyl (C=O) groups excluding carboxylic acids is 3. The summed E-state index contributed by atoms with van der Waals surface area (Å²) in [6, 6.07) is -0.725. The molecule has 0 aromatic carbocycles. The van der Waals surface area contributed by atoms with E-state index in [9.17, 15) is 34.8 Å². The number of hydrogen-bond donors (Lipinski definition) is 4. The fourth-order valence-electron chi connectivity index (χ4n) is 8.39. The van der Waals surface area contributed by atoms with Gasteiger partial charge in [-0.15, -0.1) is 0 Å². The number of aliphatic hydroxyl groups is 4. The van der Waals surface area contributed by atoms with Gasteiger partial charge in [0.1, 0.15) is 42.6 Å². The quantitative estimate of drug-likeness (QED) is 0.175. The second-order valence-electron chi connectivity index (χ2n) is 16.2. The number of methoxy groups -OCH3 is 2. The molecular formula is C39H69NO14. The van der Waals surface area contributed by atoms with Crippen molar-refractivity contribution in [3.63, 3.8) is 0 Å². The standard InChI is InChI=1S/C39H69NO14/c1-11-29-26(19-50-39-37(49-10)36(48-9)33(46)24(6)52-39)16-20(2)12-13-27(42)21(3)17-25(14-15-41)35(22(4)28(43)18-30(44)53-29)54-38-34(47)31(40(7)8)32(45)23(5)51-38/h15,20-26,28-29,31-39,43,45-47H,11-14,16-19H2,1-10H3/t20?,21-,22+,23-,24?,25+,26-,28-,29?,31+,32-,33-,34-,35-,36-,37-,38+,39-/m1/s1. The lowest BCUT2D eigenvalue weighted by Gasteiger charge is -2.46. The number of aldehydes is 1. The molecule has 3 heterocycles. The molecule has 0 saturated carbocycles. The Bertz CT molecular complexity index is 1160. The number of cyclic esters (lactones) is 1. The van der Waals surface area contributed by atoms with Gasteiger partial charge in [0.05, 0.1) is 49.6 Å². The lowest BCUT2D eigenvalue weighted by Crippen LogP contribution is -2.63. The average molecular weight is 776 g/mol. The van der Waals surface area contributed by atoms with Gasteiger partial charge in [-0.1, -0.05) is 27.7 Å². The normalized spacial score (nSPS) is 43.8. The van der Waals surface area contributed by atoms with Crippen LogP contribution in [0.25, 0.3) is 0 Å². The third-order valence-corrected chi connectivity index (χ3v) is 11.8. The number of rotatable bonds is 11. The van der Waals surface area contributed by atoms with Crippen molar-refractivity contribution < 1.29 is 68.0 Å². The van der Waals surface area contributed by atoms with E-state index < -0.39 is 103 Å². The van der Waals surface area contributed by atoms with Crippen molar-refractivity contribution in [2.24, 2.45) is 29.6 Å². The number of aliphatic hydroxyl groups excluding tert-OH is 4. The van der Waals surface area contributed by atoms with E-state index in [1.54, 1.807) is 39.8 Å². The smallest absolute Gasteiger partial charge is 0.308 e. The van der Waals surface area contributed by atoms with Crippen LogP contribution >= 0.6 is 0 Å². The topological polar surface area (TPSA) is 200 Å². The Hall–Kier alpha value is -1.63. The van der Waals surface area contributed by atoms with E-state index in [-0.39, 0.29) is 49.9 Å². The highest BCUT2D eigenvalue weighted by molar-refractivity contribution is 5.80. The number of nitrogens with zero attached hydrogens (tertiary/aromatic N) is 1. The first-order chi connectivity index (χ1) is 25.5. The first-order valence-electron chi connectivity index (χ1n) is 19.7. The van der Waals surface area contributed by atoms with E-state index in [1.165, 1.54) is 14.2 Å². The fraction of sp³-hybridized carbons (Fsp3) is 0.923. The molecule has 54 heavy (non-hydrogen) atoms. The van der Waals surface area contributed by atoms with Crippen molar-refractivity contribution in [2.75, 3.05) is 34.9 Å². The molecule has 15 nitrogen and oxygen atoms in total. The van der Waals surface area contributed by atoms with Crippen LogP contribution in [-0.4, -0.2) is 158 Å². The number of ketones is 1. The first-order valence-corrected chi connectivity index (χ1v) is 19.7. The molecule has 3 fully saturated rings. The maximum atomic E-state index is 13.6. The Morgan fingerprint density at radius 3 is 2.06 bits per heavy atom. The van der Waals surface area contributed by atoms with Gasteiger partial charge in [0.15, 0.2) is 12.6 Å². The average Bonchev–Trinajstić information content (AvgIpc) is 3.12. The SMILES string of the molecule is CCC1OC(=O)C[C@@H](O)[C@H](C)[C@@H](O[C@@H]2O[C@H](C)[C@@H](O)[C@H](N(C)C)[C@H]2O)[C@@H](CC=O)C[C@@H](C)C(=O)CCC(C)C[C@@H]1CO[C@@H]1OC(C)[C@@H](O)[C@@H](OC)[C@H]1OC. The summed E-state index contributed by atoms with van der Waals surface area (Å²) in [7, 11) is 6.42. The molecule has 18 atom stereocenters. The number of likely N-dealkylation sites (N-methyl/N-ethyl adjacent to an activating group) is 1. The minimum Gasteiger partial charge on any atom is -0.462 e. The van der Waals surface area contributed by atoms with Crippen LogP contribution in [0.5, 0.6) is 0 Å². The lowest BCUT2D eigenvalue weighted by atomic mass is 9.79. The molecule has 3 unspecified atom stereocenters. The molecule has 15 heteroatoms. The number of ether oxygens (including phenoxy) is 7. The van der Waals surface area contributed by atoms with Crippen LogP contribution < -0.4 is 0 Å². The van der Waals surface area contributed by atoms with Gasteiger partial charge in [0.2, 0.25) is 0 Å². The molecule has 0 aromatic heterocycles. The van der Waals surface area contributed by atoms with Crippen molar-refractivity contribution >= 4 is 18.0 Å². The number of esters is 1. The Balaban J connectivity index is 1.91. The highest BCUT2D eigenvalue weighted by Gasteiger charge is 2.48. The van der Waals surface area contributed by atoms with E-state index in [0.717, 1.165) is 6.29 Å². The molecule has 0 bridgehead atoms. The minimum absolute atomic E-state index is 0.00932. The van der Waals surface area contributed by atoms with E-state index in [2.05, 4.69) is 0 Å². The van der Waals surface area contributed by atoms with Crippen LogP contribution in [0, 0.1) is 29.6 Å². The van der Waals surface area contributed by atoms with Crippen LogP contribution in [0.3, 0.4) is 0 Å². The van der Waals surface area contributed by atoms with Gasteiger partial charge in [0.25, 0.3) is 0 Å². The highest BCUT2D eigenvalue weighted by atomic mass is 16.7. The molecule has 0 aliphatic carbocycles. The predicted octanol–water partition coefficient (Wildman–Crippen LogP) is 1.87. The molecule has 3 aliphatic rings. The second-order valence-corrected chi connectivity index (χ2v) is 16.2. The van der Waals surface area contributed by atoms with E-state index in [1.807, 2.05) is 20.8 Å². The zero-order valence-electron chi connectivity index (χ0n) is 33.9. The largest absolute Gasteiger partial charge is 0.462 e. The Morgan fingerprint density at radius 1 is 0.833 bits per heavy atom. The highest BCUT2D eigenvalue weighted by Crippen LogP contribution is 2.35. The van der Waals surface area contributed by atoms with E-state index >= 15 is 0 Å². The zero-order valence-corrected chi connectivity index (χ0v) is 33.9. The molecule has 3 saturated heterocycles. The van der Waals surface area contributed by atoms with Gasteiger partial charge in [-0.05, 0) is 65.5 Å². The van der Waals surface area contributed by atoms with Crippen LogP contribution in [0.15, 0.2) is 0 Å². The molecule has 0 spiro atoms. The lowest BCUT2D eigenvalue weighted by molar-refractivity contribution is -0.305. The molecular weight excluding hydrogens is 706 g/mol. The summed E-state index contributed by atoms with van der Waals surface area (Å²) >= 11 is 0.